The molecular weight excluding hydrogens is 497 g/mol. The van der Waals surface area contributed by atoms with Crippen LogP contribution in [0.25, 0.3) is 0 Å². The Balaban J connectivity index is 0.00000324. The smallest absolute Gasteiger partial charge is 0.259 e. The molecule has 0 aliphatic carbocycles. The van der Waals surface area contributed by atoms with Gasteiger partial charge in [0.15, 0.2) is 0 Å². The highest BCUT2D eigenvalue weighted by molar-refractivity contribution is 6.35. The van der Waals surface area contributed by atoms with Crippen molar-refractivity contribution in [1.82, 2.24) is 5.32 Å². The first-order valence-electron chi connectivity index (χ1n) is 10.5. The second-order valence-corrected chi connectivity index (χ2v) is 8.58. The SMILES string of the molecule is CNC1c2ccccc2N(C(=O)c2ccc(NC(=O)c3ccccc3Cl)cc2Cl)CCC1O.Cl. The molecule has 2 amide bonds. The number of nitrogens with one attached hydrogen (secondary N) is 2. The Kier molecular flexibility index (Phi) is 8.57. The molecule has 0 bridgehead atoms. The van der Waals surface area contributed by atoms with Crippen LogP contribution in [0.4, 0.5) is 11.4 Å². The van der Waals surface area contributed by atoms with Gasteiger partial charge in [-0.05, 0) is 55.4 Å². The first-order chi connectivity index (χ1) is 15.9. The average molecular weight is 521 g/mol. The number of amides is 2. The van der Waals surface area contributed by atoms with Gasteiger partial charge < -0.3 is 20.6 Å². The minimum atomic E-state index is -0.633. The standard InChI is InChI=1S/C25H23Cl2N3O3.ClH/c1-28-23-18-7-3-5-9-21(18)30(13-12-22(23)31)25(33)17-11-10-15(14-20(17)27)29-24(32)16-6-2-4-8-19(16)26;/h2-11,14,22-23,28,31H,12-13H2,1H3,(H,29,32);1H. The number of hydrogen-bond donors (Lipinski definition) is 3. The van der Waals surface area contributed by atoms with Crippen molar-refractivity contribution in [3.8, 4) is 0 Å². The van der Waals surface area contributed by atoms with Crippen LogP contribution in [-0.2, 0) is 0 Å². The molecule has 0 radical (unpaired) electrons. The lowest BCUT2D eigenvalue weighted by Gasteiger charge is -2.24. The van der Waals surface area contributed by atoms with Gasteiger partial charge in [0.1, 0.15) is 0 Å². The third kappa shape index (κ3) is 5.22. The van der Waals surface area contributed by atoms with Gasteiger partial charge in [0.05, 0.1) is 33.3 Å². The molecule has 3 aromatic carbocycles. The Morgan fingerprint density at radius 2 is 1.68 bits per heavy atom. The van der Waals surface area contributed by atoms with Crippen molar-refractivity contribution in [2.75, 3.05) is 23.8 Å². The molecule has 2 atom stereocenters. The predicted octanol–water partition coefficient (Wildman–Crippen LogP) is 5.34. The fraction of sp³-hybridized carbons (Fsp3) is 0.200. The van der Waals surface area contributed by atoms with E-state index < -0.39 is 6.10 Å². The van der Waals surface area contributed by atoms with Crippen molar-refractivity contribution in [1.29, 1.82) is 0 Å². The lowest BCUT2D eigenvalue weighted by molar-refractivity contribution is 0.0976. The van der Waals surface area contributed by atoms with Crippen LogP contribution in [0.5, 0.6) is 0 Å². The molecule has 0 aromatic heterocycles. The van der Waals surface area contributed by atoms with E-state index >= 15 is 0 Å². The number of aliphatic hydroxyl groups is 1. The highest BCUT2D eigenvalue weighted by Crippen LogP contribution is 2.35. The van der Waals surface area contributed by atoms with Gasteiger partial charge in [0, 0.05) is 17.9 Å². The van der Waals surface area contributed by atoms with Crippen molar-refractivity contribution in [3.05, 3.63) is 93.5 Å². The van der Waals surface area contributed by atoms with Crippen molar-refractivity contribution in [3.63, 3.8) is 0 Å². The molecule has 2 unspecified atom stereocenters. The fourth-order valence-electron chi connectivity index (χ4n) is 4.07. The number of fused-ring (bicyclic) bond motifs is 1. The molecule has 1 aliphatic rings. The molecule has 0 spiro atoms. The Bertz CT molecular complexity index is 1200. The van der Waals surface area contributed by atoms with E-state index in [9.17, 15) is 14.7 Å². The Morgan fingerprint density at radius 1 is 0.971 bits per heavy atom. The maximum atomic E-state index is 13.5. The Morgan fingerprint density at radius 3 is 2.38 bits per heavy atom. The lowest BCUT2D eigenvalue weighted by atomic mass is 9.99. The first kappa shape index (κ1) is 26.0. The molecule has 4 rings (SSSR count). The summed E-state index contributed by atoms with van der Waals surface area (Å²) in [4.78, 5) is 27.6. The maximum absolute atomic E-state index is 13.5. The number of hydrogen-bond acceptors (Lipinski definition) is 4. The van der Waals surface area contributed by atoms with E-state index in [0.29, 0.717) is 34.8 Å². The van der Waals surface area contributed by atoms with Gasteiger partial charge in [-0.2, -0.15) is 0 Å². The number of para-hydroxylation sites is 1. The van der Waals surface area contributed by atoms with Crippen LogP contribution in [0.2, 0.25) is 10.0 Å². The van der Waals surface area contributed by atoms with E-state index in [4.69, 9.17) is 23.2 Å². The summed E-state index contributed by atoms with van der Waals surface area (Å²) in [6.07, 6.45) is -0.220. The number of carbonyl (C=O) groups is 2. The number of halogens is 3. The van der Waals surface area contributed by atoms with Gasteiger partial charge in [0.25, 0.3) is 11.8 Å². The highest BCUT2D eigenvalue weighted by Gasteiger charge is 2.31. The summed E-state index contributed by atoms with van der Waals surface area (Å²) in [6.45, 7) is 0.344. The zero-order valence-corrected chi connectivity index (χ0v) is 20.6. The van der Waals surface area contributed by atoms with Gasteiger partial charge in [-0.25, -0.2) is 0 Å². The largest absolute Gasteiger partial charge is 0.391 e. The van der Waals surface area contributed by atoms with Crippen LogP contribution >= 0.6 is 35.6 Å². The quantitative estimate of drug-likeness (QED) is 0.434. The number of nitrogens with zero attached hydrogens (tertiary/aromatic N) is 1. The molecule has 0 saturated heterocycles. The summed E-state index contributed by atoms with van der Waals surface area (Å²) in [5.41, 5.74) is 2.67. The monoisotopic (exact) mass is 519 g/mol. The molecule has 0 fully saturated rings. The van der Waals surface area contributed by atoms with E-state index in [1.807, 2.05) is 24.3 Å². The molecule has 1 aliphatic heterocycles. The van der Waals surface area contributed by atoms with E-state index in [1.54, 1.807) is 54.4 Å². The van der Waals surface area contributed by atoms with E-state index in [-0.39, 0.29) is 35.3 Å². The van der Waals surface area contributed by atoms with Crippen molar-refractivity contribution in [2.24, 2.45) is 0 Å². The average Bonchev–Trinajstić information content (AvgIpc) is 2.94. The second kappa shape index (κ2) is 11.2. The Labute approximate surface area is 214 Å². The minimum Gasteiger partial charge on any atom is -0.391 e. The van der Waals surface area contributed by atoms with Crippen LogP contribution in [0.15, 0.2) is 66.7 Å². The minimum absolute atomic E-state index is 0. The number of rotatable bonds is 4. The number of likely N-dealkylation sites (N-methyl/N-ethyl adjacent to an activating group) is 1. The third-order valence-electron chi connectivity index (χ3n) is 5.73. The van der Waals surface area contributed by atoms with Crippen molar-refractivity contribution in [2.45, 2.75) is 18.6 Å². The van der Waals surface area contributed by atoms with Gasteiger partial charge in [0.2, 0.25) is 0 Å². The van der Waals surface area contributed by atoms with Crippen LogP contribution in [-0.4, -0.2) is 36.6 Å². The number of anilines is 2. The summed E-state index contributed by atoms with van der Waals surface area (Å²) < 4.78 is 0. The van der Waals surface area contributed by atoms with Gasteiger partial charge in [-0.1, -0.05) is 53.5 Å². The van der Waals surface area contributed by atoms with Crippen molar-refractivity contribution < 1.29 is 14.7 Å². The molecule has 6 nitrogen and oxygen atoms in total. The molecule has 178 valence electrons. The van der Waals surface area contributed by atoms with Crippen LogP contribution in [0.3, 0.4) is 0 Å². The first-order valence-corrected chi connectivity index (χ1v) is 11.3. The van der Waals surface area contributed by atoms with Crippen LogP contribution in [0.1, 0.15) is 38.7 Å². The van der Waals surface area contributed by atoms with Crippen LogP contribution in [0, 0.1) is 0 Å². The summed E-state index contributed by atoms with van der Waals surface area (Å²) in [5.74, 6) is -0.648. The summed E-state index contributed by atoms with van der Waals surface area (Å²) >= 11 is 12.6. The zero-order valence-electron chi connectivity index (χ0n) is 18.3. The van der Waals surface area contributed by atoms with Crippen molar-refractivity contribution >= 4 is 58.8 Å². The molecule has 0 saturated carbocycles. The second-order valence-electron chi connectivity index (χ2n) is 7.77. The number of aliphatic hydroxyl groups excluding tert-OH is 1. The molecular formula is C25H24Cl3N3O3. The molecule has 3 N–H and O–H groups in total. The van der Waals surface area contributed by atoms with Gasteiger partial charge >= 0.3 is 0 Å². The maximum Gasteiger partial charge on any atom is 0.259 e. The molecule has 1 heterocycles. The highest BCUT2D eigenvalue weighted by atomic mass is 35.5. The summed E-state index contributed by atoms with van der Waals surface area (Å²) in [5, 5.41) is 17.0. The number of benzene rings is 3. The zero-order chi connectivity index (χ0) is 23.5. The Hall–Kier alpha value is -2.61. The fourth-order valence-corrected chi connectivity index (χ4v) is 4.55. The lowest BCUT2D eigenvalue weighted by Crippen LogP contribution is -2.32. The van der Waals surface area contributed by atoms with Gasteiger partial charge in [-0.3, -0.25) is 9.59 Å². The molecule has 34 heavy (non-hydrogen) atoms. The molecule has 3 aromatic rings. The number of carbonyl (C=O) groups excluding carboxylic acids is 2. The van der Waals surface area contributed by atoms with E-state index in [0.717, 1.165) is 11.3 Å². The van der Waals surface area contributed by atoms with E-state index in [2.05, 4.69) is 10.6 Å². The predicted molar refractivity (Wildman–Crippen MR) is 139 cm³/mol. The van der Waals surface area contributed by atoms with Gasteiger partial charge in [-0.15, -0.1) is 12.4 Å². The van der Waals surface area contributed by atoms with Crippen LogP contribution < -0.4 is 15.5 Å². The topological polar surface area (TPSA) is 81.7 Å². The molecule has 9 heteroatoms. The van der Waals surface area contributed by atoms with E-state index in [1.165, 1.54) is 0 Å². The normalized spacial score (nSPS) is 17.2. The summed E-state index contributed by atoms with van der Waals surface area (Å²) in [6, 6.07) is 18.7. The summed E-state index contributed by atoms with van der Waals surface area (Å²) in [7, 11) is 1.79. The third-order valence-corrected chi connectivity index (χ3v) is 6.37.